The summed E-state index contributed by atoms with van der Waals surface area (Å²) in [7, 11) is 0. The number of thiophene rings is 1. The van der Waals surface area contributed by atoms with Crippen LogP contribution in [0.1, 0.15) is 15.9 Å². The van der Waals surface area contributed by atoms with Gasteiger partial charge in [0.15, 0.2) is 0 Å². The van der Waals surface area contributed by atoms with Crippen molar-refractivity contribution < 1.29 is 9.90 Å². The zero-order chi connectivity index (χ0) is 10.3. The quantitative estimate of drug-likeness (QED) is 0.730. The molecule has 0 amide bonds. The molecule has 4 heteroatoms. The zero-order valence-electron chi connectivity index (χ0n) is 7.44. The molecule has 0 aliphatic rings. The largest absolute Gasteiger partial charge is 0.478 e. The van der Waals surface area contributed by atoms with Crippen molar-refractivity contribution in [1.82, 2.24) is 0 Å². The maximum atomic E-state index is 11.0. The molecule has 0 atom stereocenters. The molecule has 1 aromatic heterocycles. The highest BCUT2D eigenvalue weighted by atomic mass is 32.2. The molecule has 1 aromatic carbocycles. The summed E-state index contributed by atoms with van der Waals surface area (Å²) in [4.78, 5) is 11.0. The third kappa shape index (κ3) is 1.51. The highest BCUT2D eigenvalue weighted by Gasteiger charge is 2.11. The van der Waals surface area contributed by atoms with Crippen LogP contribution >= 0.6 is 24.0 Å². The van der Waals surface area contributed by atoms with Gasteiger partial charge in [-0.05, 0) is 30.0 Å². The molecule has 0 unspecified atom stereocenters. The van der Waals surface area contributed by atoms with Crippen LogP contribution in [0.2, 0.25) is 0 Å². The van der Waals surface area contributed by atoms with Gasteiger partial charge in [0, 0.05) is 4.70 Å². The number of aromatic carboxylic acids is 1. The van der Waals surface area contributed by atoms with Gasteiger partial charge in [0.25, 0.3) is 0 Å². The van der Waals surface area contributed by atoms with Crippen LogP contribution in [0.25, 0.3) is 10.1 Å². The van der Waals surface area contributed by atoms with Gasteiger partial charge in [-0.3, -0.25) is 0 Å². The van der Waals surface area contributed by atoms with E-state index in [0.29, 0.717) is 5.56 Å². The van der Waals surface area contributed by atoms with Crippen molar-refractivity contribution in [2.24, 2.45) is 0 Å². The van der Waals surface area contributed by atoms with E-state index >= 15 is 0 Å². The number of thiol groups is 1. The summed E-state index contributed by atoms with van der Waals surface area (Å²) < 4.78 is 1.64. The molecule has 0 aliphatic heterocycles. The maximum Gasteiger partial charge on any atom is 0.337 e. The van der Waals surface area contributed by atoms with Gasteiger partial charge in [0.1, 0.15) is 0 Å². The van der Waals surface area contributed by atoms with E-state index in [1.807, 2.05) is 19.1 Å². The van der Waals surface area contributed by atoms with E-state index < -0.39 is 5.97 Å². The molecular formula is C10H8O2S2. The molecule has 0 aliphatic carbocycles. The number of benzene rings is 1. The first kappa shape index (κ1) is 9.55. The summed E-state index contributed by atoms with van der Waals surface area (Å²) in [6.45, 7) is 1.89. The Balaban J connectivity index is 2.85. The molecule has 1 N–H and O–H groups in total. The van der Waals surface area contributed by atoms with Crippen LogP contribution < -0.4 is 0 Å². The van der Waals surface area contributed by atoms with E-state index in [4.69, 9.17) is 5.11 Å². The molecule has 1 heterocycles. The molecule has 0 fully saturated rings. The van der Waals surface area contributed by atoms with Crippen molar-refractivity contribution in [1.29, 1.82) is 0 Å². The third-order valence-electron chi connectivity index (χ3n) is 1.98. The topological polar surface area (TPSA) is 37.3 Å². The third-order valence-corrected chi connectivity index (χ3v) is 3.37. The predicted octanol–water partition coefficient (Wildman–Crippen LogP) is 3.20. The number of aryl methyl sites for hydroxylation is 1. The van der Waals surface area contributed by atoms with Gasteiger partial charge in [-0.2, -0.15) is 0 Å². The Morgan fingerprint density at radius 2 is 2.14 bits per heavy atom. The standard InChI is InChI=1S/C10H8O2S2/c1-5-2-6-4-8(13)14-9(6)7(3-5)10(11)12/h2-4,13H,1H3,(H,11,12). The Kier molecular flexibility index (Phi) is 2.25. The highest BCUT2D eigenvalue weighted by molar-refractivity contribution is 7.83. The summed E-state index contributed by atoms with van der Waals surface area (Å²) in [6.07, 6.45) is 0. The number of hydrogen-bond acceptors (Lipinski definition) is 3. The Labute approximate surface area is 90.6 Å². The maximum absolute atomic E-state index is 11.0. The Morgan fingerprint density at radius 1 is 1.43 bits per heavy atom. The minimum absolute atomic E-state index is 0.366. The molecule has 0 spiro atoms. The number of hydrogen-bond donors (Lipinski definition) is 2. The van der Waals surface area contributed by atoms with Crippen LogP contribution in [0.4, 0.5) is 0 Å². The minimum Gasteiger partial charge on any atom is -0.478 e. The summed E-state index contributed by atoms with van der Waals surface area (Å²) in [5.74, 6) is -0.881. The summed E-state index contributed by atoms with van der Waals surface area (Å²) >= 11 is 5.62. The smallest absolute Gasteiger partial charge is 0.337 e. The normalized spacial score (nSPS) is 10.7. The van der Waals surface area contributed by atoms with E-state index in [-0.39, 0.29) is 0 Å². The molecular weight excluding hydrogens is 216 g/mol. The van der Waals surface area contributed by atoms with Crippen molar-refractivity contribution >= 4 is 40.0 Å². The fraction of sp³-hybridized carbons (Fsp3) is 0.100. The van der Waals surface area contributed by atoms with Gasteiger partial charge in [-0.15, -0.1) is 24.0 Å². The molecule has 72 valence electrons. The van der Waals surface area contributed by atoms with Crippen molar-refractivity contribution in [3.8, 4) is 0 Å². The SMILES string of the molecule is Cc1cc(C(=O)O)c2sc(S)cc2c1. The van der Waals surface area contributed by atoms with Gasteiger partial charge in [0.05, 0.1) is 9.77 Å². The van der Waals surface area contributed by atoms with Crippen molar-refractivity contribution in [3.63, 3.8) is 0 Å². The number of fused-ring (bicyclic) bond motifs is 1. The number of rotatable bonds is 1. The average molecular weight is 224 g/mol. The molecule has 2 rings (SSSR count). The van der Waals surface area contributed by atoms with Gasteiger partial charge >= 0.3 is 5.97 Å². The Morgan fingerprint density at radius 3 is 2.79 bits per heavy atom. The molecule has 2 nitrogen and oxygen atoms in total. The van der Waals surface area contributed by atoms with Gasteiger partial charge in [-0.25, -0.2) is 4.79 Å². The van der Waals surface area contributed by atoms with E-state index in [1.165, 1.54) is 11.3 Å². The lowest BCUT2D eigenvalue weighted by molar-refractivity contribution is 0.0699. The molecule has 14 heavy (non-hydrogen) atoms. The number of carboxylic acid groups (broad SMARTS) is 1. The van der Waals surface area contributed by atoms with Gasteiger partial charge < -0.3 is 5.11 Å². The van der Waals surface area contributed by atoms with Gasteiger partial charge in [0.2, 0.25) is 0 Å². The van der Waals surface area contributed by atoms with E-state index in [2.05, 4.69) is 12.6 Å². The molecule has 0 saturated carbocycles. The zero-order valence-corrected chi connectivity index (χ0v) is 9.15. The van der Waals surface area contributed by atoms with Crippen LogP contribution in [0.3, 0.4) is 0 Å². The average Bonchev–Trinajstić information content (AvgIpc) is 2.42. The first-order chi connectivity index (χ1) is 6.58. The second-order valence-electron chi connectivity index (χ2n) is 3.12. The van der Waals surface area contributed by atoms with Crippen LogP contribution in [-0.2, 0) is 0 Å². The molecule has 2 aromatic rings. The van der Waals surface area contributed by atoms with Gasteiger partial charge in [-0.1, -0.05) is 6.07 Å². The lowest BCUT2D eigenvalue weighted by Gasteiger charge is -1.98. The van der Waals surface area contributed by atoms with E-state index in [0.717, 1.165) is 19.9 Å². The first-order valence-corrected chi connectivity index (χ1v) is 5.31. The van der Waals surface area contributed by atoms with Crippen molar-refractivity contribution in [2.75, 3.05) is 0 Å². The van der Waals surface area contributed by atoms with Crippen LogP contribution in [-0.4, -0.2) is 11.1 Å². The minimum atomic E-state index is -0.881. The fourth-order valence-electron chi connectivity index (χ4n) is 1.45. The summed E-state index contributed by atoms with van der Waals surface area (Å²) in [5, 5.41) is 9.95. The van der Waals surface area contributed by atoms with Crippen molar-refractivity contribution in [2.45, 2.75) is 11.1 Å². The second-order valence-corrected chi connectivity index (χ2v) is 4.96. The van der Waals surface area contributed by atoms with Crippen LogP contribution in [0.5, 0.6) is 0 Å². The Bertz CT molecular complexity index is 514. The first-order valence-electron chi connectivity index (χ1n) is 4.04. The molecule has 0 bridgehead atoms. The molecule has 0 radical (unpaired) electrons. The lowest BCUT2D eigenvalue weighted by Crippen LogP contribution is -1.96. The van der Waals surface area contributed by atoms with Crippen LogP contribution in [0.15, 0.2) is 22.4 Å². The lowest BCUT2D eigenvalue weighted by atomic mass is 10.1. The Hall–Kier alpha value is -1.000. The monoisotopic (exact) mass is 224 g/mol. The predicted molar refractivity (Wildman–Crippen MR) is 60.8 cm³/mol. The molecule has 0 saturated heterocycles. The van der Waals surface area contributed by atoms with Crippen LogP contribution in [0, 0.1) is 6.92 Å². The summed E-state index contributed by atoms with van der Waals surface area (Å²) in [6, 6.07) is 5.55. The van der Waals surface area contributed by atoms with E-state index in [1.54, 1.807) is 6.07 Å². The fourth-order valence-corrected chi connectivity index (χ4v) is 2.75. The van der Waals surface area contributed by atoms with E-state index in [9.17, 15) is 4.79 Å². The number of carboxylic acids is 1. The summed E-state index contributed by atoms with van der Waals surface area (Å²) in [5.41, 5.74) is 1.33. The highest BCUT2D eigenvalue weighted by Crippen LogP contribution is 2.31. The second kappa shape index (κ2) is 3.29. The number of carbonyl (C=O) groups is 1. The van der Waals surface area contributed by atoms with Crippen molar-refractivity contribution in [3.05, 3.63) is 29.3 Å².